The zero-order valence-electron chi connectivity index (χ0n) is 9.25. The van der Waals surface area contributed by atoms with Crippen LogP contribution in [0.4, 0.5) is 0 Å². The number of rotatable bonds is 2. The Balaban J connectivity index is 2.28. The van der Waals surface area contributed by atoms with Crippen LogP contribution in [-0.2, 0) is 14.3 Å². The molecule has 0 unspecified atom stereocenters. The molecule has 0 radical (unpaired) electrons. The first-order valence-corrected chi connectivity index (χ1v) is 5.92. The zero-order valence-corrected chi connectivity index (χ0v) is 9.25. The Bertz CT molecular complexity index is 283. The van der Waals surface area contributed by atoms with Crippen LogP contribution in [0, 0.1) is 11.3 Å². The molecule has 84 valence electrons. The van der Waals surface area contributed by atoms with Crippen molar-refractivity contribution in [1.29, 1.82) is 0 Å². The highest BCUT2D eigenvalue weighted by atomic mass is 16.5. The fraction of sp³-hybridized carbons (Fsp3) is 0.833. The molecule has 2 rings (SSSR count). The highest BCUT2D eigenvalue weighted by Crippen LogP contribution is 2.48. The standard InChI is InChI=1S/C12H18O3/c1-2-4-9-6-8-15-11(14)12(9)7-3-5-10(12)13/h9H,2-8H2,1H3/t9-,12-/m1/s1. The quantitative estimate of drug-likeness (QED) is 0.517. The first kappa shape index (κ1) is 10.7. The van der Waals surface area contributed by atoms with Gasteiger partial charge >= 0.3 is 5.97 Å². The van der Waals surface area contributed by atoms with E-state index in [0.717, 1.165) is 32.1 Å². The van der Waals surface area contributed by atoms with Crippen molar-refractivity contribution >= 4 is 11.8 Å². The van der Waals surface area contributed by atoms with Crippen LogP contribution in [0.2, 0.25) is 0 Å². The SMILES string of the molecule is CCC[C@@H]1CCOC(=O)[C@]12CCCC2=O. The van der Waals surface area contributed by atoms with Gasteiger partial charge in [0.1, 0.15) is 11.2 Å². The third kappa shape index (κ3) is 1.48. The van der Waals surface area contributed by atoms with Crippen molar-refractivity contribution in [3.05, 3.63) is 0 Å². The first-order chi connectivity index (χ1) is 7.21. The van der Waals surface area contributed by atoms with Crippen LogP contribution in [0.25, 0.3) is 0 Å². The number of carbonyl (C=O) groups is 2. The molecule has 0 aromatic heterocycles. The minimum atomic E-state index is -0.742. The Labute approximate surface area is 90.2 Å². The van der Waals surface area contributed by atoms with E-state index in [1.165, 1.54) is 0 Å². The summed E-state index contributed by atoms with van der Waals surface area (Å²) >= 11 is 0. The lowest BCUT2D eigenvalue weighted by molar-refractivity contribution is -0.171. The van der Waals surface area contributed by atoms with E-state index >= 15 is 0 Å². The predicted octanol–water partition coefficient (Wildman–Crippen LogP) is 2.09. The number of hydrogen-bond donors (Lipinski definition) is 0. The molecule has 1 saturated heterocycles. The highest BCUT2D eigenvalue weighted by molar-refractivity contribution is 6.05. The molecule has 3 nitrogen and oxygen atoms in total. The third-order valence-corrected chi connectivity index (χ3v) is 3.87. The Morgan fingerprint density at radius 3 is 2.87 bits per heavy atom. The van der Waals surface area contributed by atoms with Gasteiger partial charge in [-0.1, -0.05) is 13.3 Å². The van der Waals surface area contributed by atoms with E-state index < -0.39 is 5.41 Å². The van der Waals surface area contributed by atoms with Gasteiger partial charge < -0.3 is 4.74 Å². The normalized spacial score (nSPS) is 35.9. The molecule has 0 bridgehead atoms. The van der Waals surface area contributed by atoms with Crippen LogP contribution in [0.3, 0.4) is 0 Å². The van der Waals surface area contributed by atoms with Crippen molar-refractivity contribution in [2.24, 2.45) is 11.3 Å². The number of carbonyl (C=O) groups excluding carboxylic acids is 2. The van der Waals surface area contributed by atoms with Gasteiger partial charge in [0.05, 0.1) is 6.61 Å². The zero-order chi connectivity index (χ0) is 10.9. The van der Waals surface area contributed by atoms with E-state index in [1.807, 2.05) is 0 Å². The lowest BCUT2D eigenvalue weighted by Gasteiger charge is -2.37. The maximum absolute atomic E-state index is 11.9. The molecule has 2 atom stereocenters. The fourth-order valence-electron chi connectivity index (χ4n) is 3.11. The molecule has 3 heteroatoms. The Morgan fingerprint density at radius 1 is 1.47 bits per heavy atom. The molecular formula is C12H18O3. The van der Waals surface area contributed by atoms with Crippen molar-refractivity contribution in [2.75, 3.05) is 6.61 Å². The highest BCUT2D eigenvalue weighted by Gasteiger charge is 2.56. The van der Waals surface area contributed by atoms with E-state index in [-0.39, 0.29) is 17.7 Å². The summed E-state index contributed by atoms with van der Waals surface area (Å²) in [7, 11) is 0. The number of hydrogen-bond acceptors (Lipinski definition) is 3. The van der Waals surface area contributed by atoms with Gasteiger partial charge in [0.25, 0.3) is 0 Å². The summed E-state index contributed by atoms with van der Waals surface area (Å²) in [6.07, 6.45) is 5.01. The summed E-state index contributed by atoms with van der Waals surface area (Å²) in [6, 6.07) is 0. The lowest BCUT2D eigenvalue weighted by atomic mass is 9.68. The van der Waals surface area contributed by atoms with Gasteiger partial charge in [-0.15, -0.1) is 0 Å². The number of cyclic esters (lactones) is 1. The fourth-order valence-corrected chi connectivity index (χ4v) is 3.11. The molecule has 0 aromatic carbocycles. The molecule has 1 spiro atoms. The first-order valence-electron chi connectivity index (χ1n) is 5.92. The number of Topliss-reactive ketones (excluding diaryl/α,β-unsaturated/α-hetero) is 1. The minimum absolute atomic E-state index is 0.130. The number of ether oxygens (including phenoxy) is 1. The van der Waals surface area contributed by atoms with Crippen molar-refractivity contribution in [1.82, 2.24) is 0 Å². The van der Waals surface area contributed by atoms with E-state index in [0.29, 0.717) is 13.0 Å². The minimum Gasteiger partial charge on any atom is -0.465 e. The predicted molar refractivity (Wildman–Crippen MR) is 55.3 cm³/mol. The molecule has 1 saturated carbocycles. The Hall–Kier alpha value is -0.860. The third-order valence-electron chi connectivity index (χ3n) is 3.87. The molecule has 15 heavy (non-hydrogen) atoms. The molecule has 0 amide bonds. The van der Waals surface area contributed by atoms with Gasteiger partial charge in [-0.2, -0.15) is 0 Å². The summed E-state index contributed by atoms with van der Waals surface area (Å²) < 4.78 is 5.10. The van der Waals surface area contributed by atoms with Crippen molar-refractivity contribution in [3.63, 3.8) is 0 Å². The van der Waals surface area contributed by atoms with Crippen LogP contribution in [0.15, 0.2) is 0 Å². The van der Waals surface area contributed by atoms with Gasteiger partial charge in [-0.05, 0) is 31.6 Å². The molecular weight excluding hydrogens is 192 g/mol. The summed E-state index contributed by atoms with van der Waals surface area (Å²) in [4.78, 5) is 23.8. The average molecular weight is 210 g/mol. The van der Waals surface area contributed by atoms with Gasteiger partial charge in [0.15, 0.2) is 0 Å². The smallest absolute Gasteiger partial charge is 0.319 e. The van der Waals surface area contributed by atoms with Crippen molar-refractivity contribution in [2.45, 2.75) is 45.4 Å². The summed E-state index contributed by atoms with van der Waals surface area (Å²) in [5.41, 5.74) is -0.742. The summed E-state index contributed by atoms with van der Waals surface area (Å²) in [5.74, 6) is 0.124. The largest absolute Gasteiger partial charge is 0.465 e. The Kier molecular flexibility index (Phi) is 2.81. The monoisotopic (exact) mass is 210 g/mol. The topological polar surface area (TPSA) is 43.4 Å². The lowest BCUT2D eigenvalue weighted by Crippen LogP contribution is -2.47. The maximum Gasteiger partial charge on any atom is 0.319 e. The van der Waals surface area contributed by atoms with Crippen LogP contribution < -0.4 is 0 Å². The second-order valence-electron chi connectivity index (χ2n) is 4.66. The maximum atomic E-state index is 11.9. The second kappa shape index (κ2) is 3.95. The van der Waals surface area contributed by atoms with E-state index in [9.17, 15) is 9.59 Å². The molecule has 1 heterocycles. The van der Waals surface area contributed by atoms with Crippen LogP contribution in [0.5, 0.6) is 0 Å². The number of ketones is 1. The molecule has 0 N–H and O–H groups in total. The van der Waals surface area contributed by atoms with E-state index in [4.69, 9.17) is 4.74 Å². The summed E-state index contributed by atoms with van der Waals surface area (Å²) in [6.45, 7) is 2.60. The molecule has 1 aliphatic carbocycles. The molecule has 1 aliphatic heterocycles. The van der Waals surface area contributed by atoms with Gasteiger partial charge in [-0.25, -0.2) is 0 Å². The molecule has 0 aromatic rings. The summed E-state index contributed by atoms with van der Waals surface area (Å²) in [5, 5.41) is 0. The average Bonchev–Trinajstić information content (AvgIpc) is 2.58. The van der Waals surface area contributed by atoms with Crippen molar-refractivity contribution < 1.29 is 14.3 Å². The second-order valence-corrected chi connectivity index (χ2v) is 4.66. The van der Waals surface area contributed by atoms with Crippen LogP contribution >= 0.6 is 0 Å². The number of esters is 1. The van der Waals surface area contributed by atoms with Gasteiger partial charge in [0, 0.05) is 6.42 Å². The van der Waals surface area contributed by atoms with Crippen LogP contribution in [0.1, 0.15) is 45.4 Å². The van der Waals surface area contributed by atoms with Crippen molar-refractivity contribution in [3.8, 4) is 0 Å². The van der Waals surface area contributed by atoms with Crippen LogP contribution in [-0.4, -0.2) is 18.4 Å². The van der Waals surface area contributed by atoms with E-state index in [1.54, 1.807) is 0 Å². The van der Waals surface area contributed by atoms with Gasteiger partial charge in [0.2, 0.25) is 0 Å². The van der Waals surface area contributed by atoms with E-state index in [2.05, 4.69) is 6.92 Å². The molecule has 2 aliphatic rings. The Morgan fingerprint density at radius 2 is 2.27 bits per heavy atom. The molecule has 2 fully saturated rings. The van der Waals surface area contributed by atoms with Gasteiger partial charge in [-0.3, -0.25) is 9.59 Å².